The van der Waals surface area contributed by atoms with E-state index < -0.39 is 18.2 Å². The molecule has 0 aromatic heterocycles. The van der Waals surface area contributed by atoms with Crippen molar-refractivity contribution in [2.45, 2.75) is 25.6 Å². The first-order chi connectivity index (χ1) is 17.9. The van der Waals surface area contributed by atoms with E-state index >= 15 is 0 Å². The van der Waals surface area contributed by atoms with Crippen LogP contribution in [0.3, 0.4) is 0 Å². The number of hydrogen-bond donors (Lipinski definition) is 2. The van der Waals surface area contributed by atoms with Crippen molar-refractivity contribution in [1.82, 2.24) is 4.90 Å². The Balaban J connectivity index is 1.12. The van der Waals surface area contributed by atoms with Crippen LogP contribution in [0.1, 0.15) is 57.4 Å². The lowest BCUT2D eigenvalue weighted by molar-refractivity contribution is -0.169. The normalized spacial score (nSPS) is 17.1. The van der Waals surface area contributed by atoms with Gasteiger partial charge in [0.05, 0.1) is 5.56 Å². The van der Waals surface area contributed by atoms with Crippen LogP contribution < -0.4 is 5.73 Å². The SMILES string of the molecule is N=C(N)c1ccc(-c2ccc(C(=O)N3CCC(CC(=O)OC4OC(=O)c5ccccc54)CC3)cc2)cc1. The average molecular weight is 498 g/mol. The van der Waals surface area contributed by atoms with E-state index in [1.165, 1.54) is 0 Å². The summed E-state index contributed by atoms with van der Waals surface area (Å²) in [6.45, 7) is 1.12. The summed E-state index contributed by atoms with van der Waals surface area (Å²) < 4.78 is 10.6. The number of nitrogens with zero attached hydrogens (tertiary/aromatic N) is 1. The third-order valence-electron chi connectivity index (χ3n) is 6.91. The number of cyclic esters (lactones) is 1. The van der Waals surface area contributed by atoms with Gasteiger partial charge in [0.25, 0.3) is 12.2 Å². The molecule has 0 bridgehead atoms. The molecule has 1 saturated heterocycles. The molecule has 8 nitrogen and oxygen atoms in total. The van der Waals surface area contributed by atoms with E-state index in [0.717, 1.165) is 11.1 Å². The second kappa shape index (κ2) is 10.3. The van der Waals surface area contributed by atoms with Gasteiger partial charge < -0.3 is 20.1 Å². The number of amides is 1. The Hall–Kier alpha value is -4.46. The Morgan fingerprint density at radius 1 is 0.919 bits per heavy atom. The van der Waals surface area contributed by atoms with Crippen LogP contribution in [0.4, 0.5) is 0 Å². The minimum Gasteiger partial charge on any atom is -0.421 e. The van der Waals surface area contributed by atoms with E-state index in [4.69, 9.17) is 20.6 Å². The number of piperidine rings is 1. The highest BCUT2D eigenvalue weighted by atomic mass is 16.7. The highest BCUT2D eigenvalue weighted by Crippen LogP contribution is 2.32. The molecule has 0 saturated carbocycles. The van der Waals surface area contributed by atoms with Gasteiger partial charge in [-0.25, -0.2) is 4.79 Å². The molecule has 2 aliphatic rings. The van der Waals surface area contributed by atoms with Gasteiger partial charge in [0.15, 0.2) is 0 Å². The highest BCUT2D eigenvalue weighted by Gasteiger charge is 2.34. The van der Waals surface area contributed by atoms with Crippen LogP contribution in [-0.2, 0) is 14.3 Å². The van der Waals surface area contributed by atoms with Crippen LogP contribution in [-0.4, -0.2) is 41.7 Å². The molecule has 1 unspecified atom stereocenters. The van der Waals surface area contributed by atoms with E-state index in [1.54, 1.807) is 36.4 Å². The maximum atomic E-state index is 13.0. The molecule has 8 heteroatoms. The molecule has 3 N–H and O–H groups in total. The van der Waals surface area contributed by atoms with Crippen molar-refractivity contribution in [3.05, 3.63) is 95.1 Å². The quantitative estimate of drug-likeness (QED) is 0.298. The number of ether oxygens (including phenoxy) is 2. The fourth-order valence-electron chi connectivity index (χ4n) is 4.77. The summed E-state index contributed by atoms with van der Waals surface area (Å²) in [6, 6.07) is 21.7. The van der Waals surface area contributed by atoms with Gasteiger partial charge in [-0.15, -0.1) is 0 Å². The molecule has 37 heavy (non-hydrogen) atoms. The molecular formula is C29H27N3O5. The van der Waals surface area contributed by atoms with Gasteiger partial charge in [-0.3, -0.25) is 15.0 Å². The third kappa shape index (κ3) is 5.23. The molecule has 0 spiro atoms. The van der Waals surface area contributed by atoms with Gasteiger partial charge in [-0.05, 0) is 48.1 Å². The number of benzene rings is 3. The van der Waals surface area contributed by atoms with E-state index in [-0.39, 0.29) is 24.1 Å². The van der Waals surface area contributed by atoms with Gasteiger partial charge >= 0.3 is 11.9 Å². The smallest absolute Gasteiger partial charge is 0.342 e. The lowest BCUT2D eigenvalue weighted by Gasteiger charge is -2.31. The fraction of sp³-hybridized carbons (Fsp3) is 0.241. The van der Waals surface area contributed by atoms with Crippen LogP contribution in [0.15, 0.2) is 72.8 Å². The number of hydrogen-bond acceptors (Lipinski definition) is 6. The lowest BCUT2D eigenvalue weighted by Crippen LogP contribution is -2.39. The Morgan fingerprint density at radius 2 is 1.51 bits per heavy atom. The summed E-state index contributed by atoms with van der Waals surface area (Å²) in [6.07, 6.45) is 0.619. The number of nitrogen functional groups attached to an aromatic ring is 1. The minimum absolute atomic E-state index is 0.0262. The largest absolute Gasteiger partial charge is 0.421 e. The van der Waals surface area contributed by atoms with Gasteiger partial charge in [-0.2, -0.15) is 0 Å². The van der Waals surface area contributed by atoms with Crippen molar-refractivity contribution in [2.75, 3.05) is 13.1 Å². The topological polar surface area (TPSA) is 123 Å². The molecule has 3 aromatic rings. The molecule has 1 amide bonds. The number of rotatable bonds is 6. The van der Waals surface area contributed by atoms with Crippen molar-refractivity contribution < 1.29 is 23.9 Å². The Labute approximate surface area is 214 Å². The summed E-state index contributed by atoms with van der Waals surface area (Å²) in [5.41, 5.74) is 9.74. The van der Waals surface area contributed by atoms with Crippen molar-refractivity contribution in [1.29, 1.82) is 5.41 Å². The first-order valence-electron chi connectivity index (χ1n) is 12.2. The number of likely N-dealkylation sites (tertiary alicyclic amines) is 1. The van der Waals surface area contributed by atoms with Gasteiger partial charge in [0.2, 0.25) is 0 Å². The van der Waals surface area contributed by atoms with E-state index in [1.807, 2.05) is 41.3 Å². The number of nitrogens with one attached hydrogen (secondary N) is 1. The Kier molecular flexibility index (Phi) is 6.72. The van der Waals surface area contributed by atoms with Gasteiger partial charge in [-0.1, -0.05) is 54.6 Å². The Bertz CT molecular complexity index is 1340. The predicted octanol–water partition coefficient (Wildman–Crippen LogP) is 4.29. The molecule has 188 valence electrons. The molecule has 0 aliphatic carbocycles. The minimum atomic E-state index is -0.993. The zero-order valence-electron chi connectivity index (χ0n) is 20.2. The van der Waals surface area contributed by atoms with Crippen molar-refractivity contribution in [2.24, 2.45) is 11.7 Å². The summed E-state index contributed by atoms with van der Waals surface area (Å²) in [5.74, 6) is -0.804. The second-order valence-corrected chi connectivity index (χ2v) is 9.32. The molecule has 2 heterocycles. The maximum absolute atomic E-state index is 13.0. The average Bonchev–Trinajstić information content (AvgIpc) is 3.23. The van der Waals surface area contributed by atoms with Gasteiger partial charge in [0.1, 0.15) is 5.84 Å². The first kappa shape index (κ1) is 24.2. The van der Waals surface area contributed by atoms with Crippen LogP contribution in [0.25, 0.3) is 11.1 Å². The van der Waals surface area contributed by atoms with Crippen molar-refractivity contribution in [3.63, 3.8) is 0 Å². The number of nitrogens with two attached hydrogens (primary N) is 1. The zero-order chi connectivity index (χ0) is 25.9. The van der Waals surface area contributed by atoms with Crippen LogP contribution >= 0.6 is 0 Å². The standard InChI is InChI=1S/C29H27N3O5/c30-26(31)21-9-5-19(6-10-21)20-7-11-22(12-8-20)27(34)32-15-13-18(14-16-32)17-25(33)36-29-24-4-2-1-3-23(24)28(35)37-29/h1-12,18,29H,13-17H2,(H3,30,31). The number of fused-ring (bicyclic) bond motifs is 1. The van der Waals surface area contributed by atoms with Crippen LogP contribution in [0.5, 0.6) is 0 Å². The summed E-state index contributed by atoms with van der Waals surface area (Å²) in [7, 11) is 0. The molecule has 1 fully saturated rings. The highest BCUT2D eigenvalue weighted by molar-refractivity contribution is 5.96. The predicted molar refractivity (Wildman–Crippen MR) is 137 cm³/mol. The van der Waals surface area contributed by atoms with Crippen molar-refractivity contribution >= 4 is 23.7 Å². The van der Waals surface area contributed by atoms with Crippen LogP contribution in [0.2, 0.25) is 0 Å². The number of amidine groups is 1. The summed E-state index contributed by atoms with van der Waals surface area (Å²) >= 11 is 0. The Morgan fingerprint density at radius 3 is 2.14 bits per heavy atom. The maximum Gasteiger partial charge on any atom is 0.342 e. The first-order valence-corrected chi connectivity index (χ1v) is 12.2. The molecule has 3 aromatic carbocycles. The van der Waals surface area contributed by atoms with E-state index in [2.05, 4.69) is 0 Å². The van der Waals surface area contributed by atoms with E-state index in [9.17, 15) is 14.4 Å². The monoisotopic (exact) mass is 497 g/mol. The number of esters is 2. The van der Waals surface area contributed by atoms with Gasteiger partial charge in [0, 0.05) is 36.2 Å². The zero-order valence-corrected chi connectivity index (χ0v) is 20.2. The number of carbonyl (C=O) groups is 3. The molecule has 0 radical (unpaired) electrons. The third-order valence-corrected chi connectivity index (χ3v) is 6.91. The number of carbonyl (C=O) groups excluding carboxylic acids is 3. The molecule has 5 rings (SSSR count). The lowest BCUT2D eigenvalue weighted by atomic mass is 9.93. The molecular weight excluding hydrogens is 470 g/mol. The van der Waals surface area contributed by atoms with Crippen molar-refractivity contribution in [3.8, 4) is 11.1 Å². The fourth-order valence-corrected chi connectivity index (χ4v) is 4.77. The van der Waals surface area contributed by atoms with Crippen LogP contribution in [0, 0.1) is 11.3 Å². The van der Waals surface area contributed by atoms with E-state index in [0.29, 0.717) is 48.2 Å². The summed E-state index contributed by atoms with van der Waals surface area (Å²) in [4.78, 5) is 39.3. The second-order valence-electron chi connectivity index (χ2n) is 9.32. The molecule has 2 aliphatic heterocycles. The molecule has 1 atom stereocenters. The summed E-state index contributed by atoms with van der Waals surface area (Å²) in [5, 5.41) is 7.50.